The fraction of sp³-hybridized carbons (Fsp3) is 0.938. The zero-order chi connectivity index (χ0) is 13.8. The van der Waals surface area contributed by atoms with Crippen LogP contribution in [0.2, 0.25) is 0 Å². The molecule has 0 radical (unpaired) electrons. The van der Waals surface area contributed by atoms with E-state index in [1.54, 1.807) is 0 Å². The monoisotopic (exact) mass is 296 g/mol. The number of rotatable bonds is 4. The Morgan fingerprint density at radius 3 is 2.45 bits per heavy atom. The van der Waals surface area contributed by atoms with E-state index in [4.69, 9.17) is 0 Å². The zero-order valence-electron chi connectivity index (χ0n) is 12.6. The second-order valence-corrected chi connectivity index (χ2v) is 7.77. The van der Waals surface area contributed by atoms with E-state index in [-0.39, 0.29) is 0 Å². The number of piperidine rings is 1. The maximum atomic E-state index is 12.1. The summed E-state index contributed by atoms with van der Waals surface area (Å²) in [7, 11) is 0. The Labute approximate surface area is 127 Å². The first-order valence-corrected chi connectivity index (χ1v) is 9.58. The van der Waals surface area contributed by atoms with Crippen LogP contribution < -0.4 is 0 Å². The van der Waals surface area contributed by atoms with Crippen LogP contribution in [-0.4, -0.2) is 59.4 Å². The molecule has 0 saturated carbocycles. The predicted octanol–water partition coefficient (Wildman–Crippen LogP) is 2.61. The van der Waals surface area contributed by atoms with E-state index in [2.05, 4.69) is 21.6 Å². The maximum absolute atomic E-state index is 12.1. The van der Waals surface area contributed by atoms with Gasteiger partial charge in [-0.3, -0.25) is 9.69 Å². The number of thioether (sulfide) groups is 1. The first-order valence-electron chi connectivity index (χ1n) is 8.42. The molecule has 0 aromatic heterocycles. The number of hydrogen-bond donors (Lipinski definition) is 0. The second-order valence-electron chi connectivity index (χ2n) is 6.62. The molecule has 3 aliphatic heterocycles. The summed E-state index contributed by atoms with van der Waals surface area (Å²) in [5.74, 6) is 3.91. The molecule has 3 rings (SSSR count). The van der Waals surface area contributed by atoms with Crippen molar-refractivity contribution in [1.29, 1.82) is 0 Å². The lowest BCUT2D eigenvalue weighted by atomic mass is 9.91. The lowest BCUT2D eigenvalue weighted by Crippen LogP contribution is -2.41. The lowest BCUT2D eigenvalue weighted by molar-refractivity contribution is -0.130. The number of likely N-dealkylation sites (tertiary alicyclic amines) is 2. The van der Waals surface area contributed by atoms with Crippen LogP contribution in [0.5, 0.6) is 0 Å². The van der Waals surface area contributed by atoms with E-state index in [9.17, 15) is 4.79 Å². The Bertz CT molecular complexity index is 316. The highest BCUT2D eigenvalue weighted by molar-refractivity contribution is 7.99. The minimum absolute atomic E-state index is 0.414. The third-order valence-corrected chi connectivity index (χ3v) is 6.44. The molecule has 0 aromatic rings. The number of carbonyl (C=O) groups is 1. The van der Waals surface area contributed by atoms with Gasteiger partial charge in [-0.1, -0.05) is 0 Å². The largest absolute Gasteiger partial charge is 0.343 e. The summed E-state index contributed by atoms with van der Waals surface area (Å²) in [5, 5.41) is 0. The van der Waals surface area contributed by atoms with Gasteiger partial charge in [0.05, 0.1) is 0 Å². The number of carbonyl (C=O) groups excluding carboxylic acids is 1. The van der Waals surface area contributed by atoms with Crippen LogP contribution in [0.3, 0.4) is 0 Å². The summed E-state index contributed by atoms with van der Waals surface area (Å²) in [4.78, 5) is 16.9. The van der Waals surface area contributed by atoms with Crippen molar-refractivity contribution in [1.82, 2.24) is 9.80 Å². The molecule has 1 amide bonds. The van der Waals surface area contributed by atoms with Gasteiger partial charge in [0, 0.05) is 31.3 Å². The minimum Gasteiger partial charge on any atom is -0.343 e. The van der Waals surface area contributed by atoms with Crippen molar-refractivity contribution < 1.29 is 4.79 Å². The first kappa shape index (κ1) is 14.7. The van der Waals surface area contributed by atoms with Crippen molar-refractivity contribution in [2.24, 2.45) is 5.92 Å². The Kier molecular flexibility index (Phi) is 5.27. The molecule has 0 aliphatic carbocycles. The Morgan fingerprint density at radius 2 is 1.80 bits per heavy atom. The molecule has 20 heavy (non-hydrogen) atoms. The van der Waals surface area contributed by atoms with Gasteiger partial charge in [0.15, 0.2) is 0 Å². The van der Waals surface area contributed by atoms with Gasteiger partial charge in [0.25, 0.3) is 0 Å². The van der Waals surface area contributed by atoms with Gasteiger partial charge in [0.1, 0.15) is 0 Å². The molecule has 3 saturated heterocycles. The molecule has 1 atom stereocenters. The Hall–Kier alpha value is -0.220. The van der Waals surface area contributed by atoms with E-state index >= 15 is 0 Å². The van der Waals surface area contributed by atoms with Crippen molar-refractivity contribution >= 4 is 17.7 Å². The van der Waals surface area contributed by atoms with E-state index in [0.29, 0.717) is 5.91 Å². The molecule has 0 aromatic carbocycles. The molecular weight excluding hydrogens is 268 g/mol. The smallest absolute Gasteiger partial charge is 0.222 e. The summed E-state index contributed by atoms with van der Waals surface area (Å²) in [6.45, 7) is 4.56. The minimum atomic E-state index is 0.414. The van der Waals surface area contributed by atoms with Crippen LogP contribution in [0.4, 0.5) is 0 Å². The van der Waals surface area contributed by atoms with Crippen LogP contribution >= 0.6 is 11.8 Å². The zero-order valence-corrected chi connectivity index (χ0v) is 13.4. The summed E-state index contributed by atoms with van der Waals surface area (Å²) in [6, 6.07) is 0.854. The lowest BCUT2D eigenvalue weighted by Gasteiger charge is -2.35. The highest BCUT2D eigenvalue weighted by Gasteiger charge is 2.28. The fourth-order valence-corrected chi connectivity index (χ4v) is 5.12. The average molecular weight is 296 g/mol. The van der Waals surface area contributed by atoms with Crippen LogP contribution in [0, 0.1) is 5.92 Å². The molecule has 3 fully saturated rings. The third-order valence-electron chi connectivity index (χ3n) is 5.30. The van der Waals surface area contributed by atoms with E-state index in [1.807, 2.05) is 0 Å². The number of hydrogen-bond acceptors (Lipinski definition) is 3. The fourth-order valence-electron chi connectivity index (χ4n) is 3.87. The molecule has 0 unspecified atom stereocenters. The molecule has 0 spiro atoms. The normalized spacial score (nSPS) is 29.2. The van der Waals surface area contributed by atoms with E-state index in [0.717, 1.165) is 37.9 Å². The SMILES string of the molecule is O=C(CCC1CCN([C@H]2CCSC2)CC1)N1CCCC1. The summed E-state index contributed by atoms with van der Waals surface area (Å²) >= 11 is 2.11. The third kappa shape index (κ3) is 3.70. The van der Waals surface area contributed by atoms with Crippen molar-refractivity contribution in [2.75, 3.05) is 37.7 Å². The van der Waals surface area contributed by atoms with Crippen LogP contribution in [0.25, 0.3) is 0 Å². The average Bonchev–Trinajstić information content (AvgIpc) is 3.18. The van der Waals surface area contributed by atoms with Gasteiger partial charge in [0.2, 0.25) is 5.91 Å². The van der Waals surface area contributed by atoms with Crippen molar-refractivity contribution in [3.63, 3.8) is 0 Å². The Morgan fingerprint density at radius 1 is 1.05 bits per heavy atom. The predicted molar refractivity (Wildman–Crippen MR) is 85.1 cm³/mol. The van der Waals surface area contributed by atoms with Crippen molar-refractivity contribution in [3.05, 3.63) is 0 Å². The molecule has 0 N–H and O–H groups in total. The second kappa shape index (κ2) is 7.17. The molecule has 114 valence electrons. The summed E-state index contributed by atoms with van der Waals surface area (Å²) in [6.07, 6.45) is 8.37. The molecular formula is C16H28N2OS. The number of amides is 1. The highest BCUT2D eigenvalue weighted by atomic mass is 32.2. The molecule has 3 heterocycles. The molecule has 3 aliphatic rings. The molecule has 4 heteroatoms. The van der Waals surface area contributed by atoms with Crippen LogP contribution in [-0.2, 0) is 4.79 Å². The standard InChI is InChI=1S/C16H28N2OS/c19-16(18-8-1-2-9-18)4-3-14-5-10-17(11-6-14)15-7-12-20-13-15/h14-15H,1-13H2/t15-/m0/s1. The first-order chi connectivity index (χ1) is 9.83. The Balaban J connectivity index is 1.34. The van der Waals surface area contributed by atoms with Gasteiger partial charge in [-0.15, -0.1) is 0 Å². The van der Waals surface area contributed by atoms with Crippen molar-refractivity contribution in [3.8, 4) is 0 Å². The van der Waals surface area contributed by atoms with Gasteiger partial charge in [-0.05, 0) is 63.3 Å². The van der Waals surface area contributed by atoms with Gasteiger partial charge < -0.3 is 4.90 Å². The van der Waals surface area contributed by atoms with Crippen LogP contribution in [0.15, 0.2) is 0 Å². The van der Waals surface area contributed by atoms with Crippen molar-refractivity contribution in [2.45, 2.75) is 51.0 Å². The highest BCUT2D eigenvalue weighted by Crippen LogP contribution is 2.28. The maximum Gasteiger partial charge on any atom is 0.222 e. The topological polar surface area (TPSA) is 23.6 Å². The molecule has 3 nitrogen and oxygen atoms in total. The molecule has 0 bridgehead atoms. The van der Waals surface area contributed by atoms with Gasteiger partial charge in [-0.25, -0.2) is 0 Å². The summed E-state index contributed by atoms with van der Waals surface area (Å²) in [5.41, 5.74) is 0. The van der Waals surface area contributed by atoms with Crippen LogP contribution in [0.1, 0.15) is 44.9 Å². The number of nitrogens with zero attached hydrogens (tertiary/aromatic N) is 2. The van der Waals surface area contributed by atoms with Gasteiger partial charge in [-0.2, -0.15) is 11.8 Å². The van der Waals surface area contributed by atoms with E-state index < -0.39 is 0 Å². The summed E-state index contributed by atoms with van der Waals surface area (Å²) < 4.78 is 0. The van der Waals surface area contributed by atoms with Gasteiger partial charge >= 0.3 is 0 Å². The van der Waals surface area contributed by atoms with E-state index in [1.165, 1.54) is 56.7 Å². The quantitative estimate of drug-likeness (QED) is 0.797.